The Hall–Kier alpha value is -2.66. The first-order valence-corrected chi connectivity index (χ1v) is 11.5. The lowest BCUT2D eigenvalue weighted by Crippen LogP contribution is -2.29. The van der Waals surface area contributed by atoms with Crippen molar-refractivity contribution in [1.82, 2.24) is 4.90 Å². The Labute approximate surface area is 194 Å². The largest absolute Gasteiger partial charge is 0.496 e. The topological polar surface area (TPSA) is 57.9 Å². The van der Waals surface area contributed by atoms with Gasteiger partial charge >= 0.3 is 0 Å². The van der Waals surface area contributed by atoms with E-state index in [9.17, 15) is 5.26 Å². The van der Waals surface area contributed by atoms with Crippen LogP contribution in [0.2, 0.25) is 0 Å². The van der Waals surface area contributed by atoms with Gasteiger partial charge in [0.2, 0.25) is 0 Å². The zero-order valence-corrected chi connectivity index (χ0v) is 19.8. The molecular weight excluding hydrogens is 474 g/mol. The summed E-state index contributed by atoms with van der Waals surface area (Å²) in [6.45, 7) is 2.70. The van der Waals surface area contributed by atoms with Crippen molar-refractivity contribution in [2.45, 2.75) is 19.5 Å². The van der Waals surface area contributed by atoms with Gasteiger partial charge in [0.05, 0.1) is 24.3 Å². The summed E-state index contributed by atoms with van der Waals surface area (Å²) in [6, 6.07) is 16.6. The zero-order valence-electron chi connectivity index (χ0n) is 17.4. The lowest BCUT2D eigenvalue weighted by atomic mass is 10.0. The Morgan fingerprint density at radius 2 is 1.97 bits per heavy atom. The van der Waals surface area contributed by atoms with E-state index in [1.807, 2.05) is 18.2 Å². The number of fused-ring (bicyclic) bond motifs is 1. The summed E-state index contributed by atoms with van der Waals surface area (Å²) in [4.78, 5) is 8.33. The molecule has 0 N–H and O–H groups in total. The van der Waals surface area contributed by atoms with Crippen molar-refractivity contribution < 1.29 is 9.47 Å². The predicted molar refractivity (Wildman–Crippen MR) is 128 cm³/mol. The minimum atomic E-state index is 0.665. The monoisotopic (exact) mass is 495 g/mol. The molecule has 1 aromatic heterocycles. The summed E-state index contributed by atoms with van der Waals surface area (Å²) < 4.78 is 11.6. The number of thiophene rings is 1. The second kappa shape index (κ2) is 9.65. The molecule has 0 atom stereocenters. The smallest absolute Gasteiger partial charge is 0.136 e. The highest BCUT2D eigenvalue weighted by Gasteiger charge is 2.24. The van der Waals surface area contributed by atoms with Crippen LogP contribution in [0, 0.1) is 11.3 Å². The third-order valence-electron chi connectivity index (χ3n) is 5.30. The molecule has 5 nitrogen and oxygen atoms in total. The van der Waals surface area contributed by atoms with Crippen LogP contribution in [0.3, 0.4) is 0 Å². The van der Waals surface area contributed by atoms with Crippen LogP contribution in [0.25, 0.3) is 0 Å². The van der Waals surface area contributed by atoms with Crippen molar-refractivity contribution in [3.63, 3.8) is 0 Å². The van der Waals surface area contributed by atoms with Crippen molar-refractivity contribution >= 4 is 38.5 Å². The van der Waals surface area contributed by atoms with Gasteiger partial charge in [0.25, 0.3) is 0 Å². The number of benzene rings is 2. The molecule has 0 radical (unpaired) electrons. The lowest BCUT2D eigenvalue weighted by molar-refractivity contribution is 0.249. The Kier molecular flexibility index (Phi) is 6.71. The van der Waals surface area contributed by atoms with Crippen molar-refractivity contribution in [1.29, 1.82) is 5.26 Å². The van der Waals surface area contributed by atoms with Gasteiger partial charge in [-0.05, 0) is 39.5 Å². The molecule has 1 aliphatic rings. The highest BCUT2D eigenvalue weighted by molar-refractivity contribution is 9.10. The molecule has 7 heteroatoms. The third kappa shape index (κ3) is 4.67. The number of methoxy groups -OCH3 is 2. The number of rotatable bonds is 6. The van der Waals surface area contributed by atoms with Gasteiger partial charge < -0.3 is 9.47 Å². The average Bonchev–Trinajstić information content (AvgIpc) is 3.15. The molecule has 0 saturated carbocycles. The van der Waals surface area contributed by atoms with Gasteiger partial charge in [0, 0.05) is 42.4 Å². The minimum Gasteiger partial charge on any atom is -0.496 e. The number of ether oxygens (including phenoxy) is 2. The van der Waals surface area contributed by atoms with E-state index in [0.29, 0.717) is 17.1 Å². The maximum atomic E-state index is 9.80. The van der Waals surface area contributed by atoms with Gasteiger partial charge in [-0.15, -0.1) is 11.3 Å². The minimum absolute atomic E-state index is 0.665. The second-order valence-electron chi connectivity index (χ2n) is 7.23. The van der Waals surface area contributed by atoms with Crippen LogP contribution >= 0.6 is 27.3 Å². The lowest BCUT2D eigenvalue weighted by Gasteiger charge is -2.26. The van der Waals surface area contributed by atoms with E-state index in [-0.39, 0.29) is 0 Å². The van der Waals surface area contributed by atoms with E-state index in [0.717, 1.165) is 46.7 Å². The Balaban J connectivity index is 1.59. The van der Waals surface area contributed by atoms with Crippen LogP contribution in [0.1, 0.15) is 27.1 Å². The normalized spacial score (nSPS) is 13.7. The van der Waals surface area contributed by atoms with Crippen LogP contribution in [-0.2, 0) is 19.5 Å². The zero-order chi connectivity index (χ0) is 21.8. The molecule has 2 aromatic carbocycles. The van der Waals surface area contributed by atoms with Crippen molar-refractivity contribution in [2.24, 2.45) is 4.99 Å². The quantitative estimate of drug-likeness (QED) is 0.411. The number of halogens is 1. The molecule has 0 aliphatic carbocycles. The Morgan fingerprint density at radius 1 is 1.19 bits per heavy atom. The first-order valence-electron chi connectivity index (χ1n) is 9.89. The predicted octanol–water partition coefficient (Wildman–Crippen LogP) is 5.71. The summed E-state index contributed by atoms with van der Waals surface area (Å²) in [5.74, 6) is 1.36. The highest BCUT2D eigenvalue weighted by Crippen LogP contribution is 2.39. The van der Waals surface area contributed by atoms with Crippen LogP contribution in [0.15, 0.2) is 51.9 Å². The van der Waals surface area contributed by atoms with Crippen molar-refractivity contribution in [3.8, 4) is 17.6 Å². The SMILES string of the molecule is COc1cc(OC)c(C=Nc2sc3c(c2C#N)CCN(Cc2ccccc2)C3)cc1Br. The van der Waals surface area contributed by atoms with Gasteiger partial charge in [-0.1, -0.05) is 30.3 Å². The molecule has 2 heterocycles. The molecule has 0 amide bonds. The van der Waals surface area contributed by atoms with E-state index >= 15 is 0 Å². The first-order chi connectivity index (χ1) is 15.1. The average molecular weight is 496 g/mol. The summed E-state index contributed by atoms with van der Waals surface area (Å²) in [6.07, 6.45) is 2.62. The molecule has 0 saturated heterocycles. The maximum Gasteiger partial charge on any atom is 0.136 e. The summed E-state index contributed by atoms with van der Waals surface area (Å²) in [5.41, 5.74) is 3.96. The molecule has 0 spiro atoms. The number of nitriles is 1. The fraction of sp³-hybridized carbons (Fsp3) is 0.250. The van der Waals surface area contributed by atoms with Gasteiger partial charge in [-0.2, -0.15) is 5.26 Å². The number of hydrogen-bond acceptors (Lipinski definition) is 6. The molecule has 0 bridgehead atoms. The van der Waals surface area contributed by atoms with Gasteiger partial charge in [-0.3, -0.25) is 4.90 Å². The Bertz CT molecular complexity index is 1150. The fourth-order valence-corrected chi connectivity index (χ4v) is 5.44. The molecule has 0 unspecified atom stereocenters. The van der Waals surface area contributed by atoms with E-state index in [1.165, 1.54) is 10.4 Å². The van der Waals surface area contributed by atoms with E-state index < -0.39 is 0 Å². The molecular formula is C24H22BrN3O2S. The third-order valence-corrected chi connectivity index (χ3v) is 7.05. The number of hydrogen-bond donors (Lipinski definition) is 0. The van der Waals surface area contributed by atoms with E-state index in [1.54, 1.807) is 31.8 Å². The van der Waals surface area contributed by atoms with Gasteiger partial charge in [-0.25, -0.2) is 4.99 Å². The van der Waals surface area contributed by atoms with Crippen LogP contribution < -0.4 is 9.47 Å². The van der Waals surface area contributed by atoms with Crippen molar-refractivity contribution in [2.75, 3.05) is 20.8 Å². The van der Waals surface area contributed by atoms with Crippen LogP contribution in [-0.4, -0.2) is 31.9 Å². The van der Waals surface area contributed by atoms with Gasteiger partial charge in [0.1, 0.15) is 22.6 Å². The second-order valence-corrected chi connectivity index (χ2v) is 9.17. The summed E-state index contributed by atoms with van der Waals surface area (Å²) in [5, 5.41) is 10.5. The van der Waals surface area contributed by atoms with Crippen LogP contribution in [0.4, 0.5) is 5.00 Å². The maximum absolute atomic E-state index is 9.80. The molecule has 0 fully saturated rings. The Morgan fingerprint density at radius 3 is 2.68 bits per heavy atom. The number of nitrogens with zero attached hydrogens (tertiary/aromatic N) is 3. The van der Waals surface area contributed by atoms with E-state index in [4.69, 9.17) is 9.47 Å². The van der Waals surface area contributed by atoms with Gasteiger partial charge in [0.15, 0.2) is 0 Å². The molecule has 3 aromatic rings. The number of aliphatic imine (C=N–C) groups is 1. The standard InChI is InChI=1S/C24H22BrN3O2S/c1-29-21-11-22(30-2)20(25)10-17(21)13-27-24-19(12-26)18-8-9-28(15-23(18)31-24)14-16-6-4-3-5-7-16/h3-7,10-11,13H,8-9,14-15H2,1-2H3. The van der Waals surface area contributed by atoms with Crippen LogP contribution in [0.5, 0.6) is 11.5 Å². The first kappa shape index (κ1) is 21.6. The molecule has 158 valence electrons. The van der Waals surface area contributed by atoms with E-state index in [2.05, 4.69) is 56.2 Å². The highest BCUT2D eigenvalue weighted by atomic mass is 79.9. The fourth-order valence-electron chi connectivity index (χ4n) is 3.74. The molecule has 4 rings (SSSR count). The summed E-state index contributed by atoms with van der Waals surface area (Å²) in [7, 11) is 3.23. The summed E-state index contributed by atoms with van der Waals surface area (Å²) >= 11 is 5.11. The molecule has 1 aliphatic heterocycles. The van der Waals surface area contributed by atoms with Crippen molar-refractivity contribution in [3.05, 3.63) is 74.1 Å². The molecule has 31 heavy (non-hydrogen) atoms.